The van der Waals surface area contributed by atoms with E-state index in [0.717, 1.165) is 42.9 Å². The number of hydrogen-bond acceptors (Lipinski definition) is 5. The van der Waals surface area contributed by atoms with E-state index in [1.54, 1.807) is 25.1 Å². The highest BCUT2D eigenvalue weighted by Gasteiger charge is 2.24. The standard InChI is InChI=1S/C20H23N3O4/c1-21(14-15-5-8-17(27-2)9-6-15)20(24)18-13-16(23(25)26)7-10-19(18)22-11-3-4-12-22/h5-10,13H,3-4,11-12,14H2,1-2H3. The second-order valence-corrected chi connectivity index (χ2v) is 6.66. The van der Waals surface area contributed by atoms with Crippen LogP contribution in [0.2, 0.25) is 0 Å². The predicted molar refractivity (Wildman–Crippen MR) is 103 cm³/mol. The van der Waals surface area contributed by atoms with E-state index in [0.29, 0.717) is 12.1 Å². The molecule has 142 valence electrons. The van der Waals surface area contributed by atoms with Crippen molar-refractivity contribution in [3.05, 3.63) is 63.7 Å². The van der Waals surface area contributed by atoms with Crippen LogP contribution in [-0.4, -0.2) is 43.0 Å². The predicted octanol–water partition coefficient (Wildman–Crippen LogP) is 3.48. The second kappa shape index (κ2) is 8.07. The number of nitro groups is 1. The van der Waals surface area contributed by atoms with Gasteiger partial charge in [-0.05, 0) is 36.6 Å². The van der Waals surface area contributed by atoms with Crippen molar-refractivity contribution in [2.45, 2.75) is 19.4 Å². The molecule has 0 N–H and O–H groups in total. The molecule has 0 aliphatic carbocycles. The van der Waals surface area contributed by atoms with E-state index in [9.17, 15) is 14.9 Å². The van der Waals surface area contributed by atoms with Crippen LogP contribution in [0.4, 0.5) is 11.4 Å². The average Bonchev–Trinajstić information content (AvgIpc) is 3.22. The van der Waals surface area contributed by atoms with Crippen molar-refractivity contribution >= 4 is 17.3 Å². The van der Waals surface area contributed by atoms with Gasteiger partial charge >= 0.3 is 0 Å². The second-order valence-electron chi connectivity index (χ2n) is 6.66. The van der Waals surface area contributed by atoms with Gasteiger partial charge < -0.3 is 14.5 Å². The van der Waals surface area contributed by atoms with Gasteiger partial charge in [0.05, 0.1) is 23.3 Å². The number of carbonyl (C=O) groups excluding carboxylic acids is 1. The van der Waals surface area contributed by atoms with Crippen LogP contribution in [0.5, 0.6) is 5.75 Å². The summed E-state index contributed by atoms with van der Waals surface area (Å²) in [5.74, 6) is 0.527. The van der Waals surface area contributed by atoms with Crippen LogP contribution in [0.3, 0.4) is 0 Å². The minimum absolute atomic E-state index is 0.0702. The molecule has 2 aromatic rings. The Bertz CT molecular complexity index is 830. The molecule has 7 nitrogen and oxygen atoms in total. The highest BCUT2D eigenvalue weighted by molar-refractivity contribution is 6.00. The normalized spacial score (nSPS) is 13.5. The summed E-state index contributed by atoms with van der Waals surface area (Å²) in [7, 11) is 3.31. The molecular weight excluding hydrogens is 346 g/mol. The SMILES string of the molecule is COc1ccc(CN(C)C(=O)c2cc([N+](=O)[O-])ccc2N2CCCC2)cc1. The van der Waals surface area contributed by atoms with Gasteiger partial charge in [-0.15, -0.1) is 0 Å². The van der Waals surface area contributed by atoms with Crippen LogP contribution in [0.15, 0.2) is 42.5 Å². The number of nitrogens with zero attached hydrogens (tertiary/aromatic N) is 3. The van der Waals surface area contributed by atoms with Gasteiger partial charge in [0.15, 0.2) is 0 Å². The Balaban J connectivity index is 1.86. The van der Waals surface area contributed by atoms with Gasteiger partial charge in [-0.1, -0.05) is 12.1 Å². The highest BCUT2D eigenvalue weighted by Crippen LogP contribution is 2.29. The van der Waals surface area contributed by atoms with Gasteiger partial charge in [0, 0.05) is 38.8 Å². The van der Waals surface area contributed by atoms with E-state index >= 15 is 0 Å². The first-order chi connectivity index (χ1) is 13.0. The molecule has 1 saturated heterocycles. The Morgan fingerprint density at radius 3 is 2.44 bits per heavy atom. The van der Waals surface area contributed by atoms with Crippen molar-refractivity contribution in [2.75, 3.05) is 32.1 Å². The van der Waals surface area contributed by atoms with Gasteiger partial charge in [-0.25, -0.2) is 0 Å². The fourth-order valence-corrected chi connectivity index (χ4v) is 3.32. The Hall–Kier alpha value is -3.09. The maximum absolute atomic E-state index is 13.1. The zero-order valence-corrected chi connectivity index (χ0v) is 15.6. The summed E-state index contributed by atoms with van der Waals surface area (Å²) >= 11 is 0. The zero-order valence-electron chi connectivity index (χ0n) is 15.6. The first kappa shape index (κ1) is 18.7. The van der Waals surface area contributed by atoms with Crippen LogP contribution in [0, 0.1) is 10.1 Å². The fourth-order valence-electron chi connectivity index (χ4n) is 3.32. The first-order valence-electron chi connectivity index (χ1n) is 8.91. The summed E-state index contributed by atoms with van der Waals surface area (Å²) in [4.78, 5) is 27.5. The number of anilines is 1. The Kier molecular flexibility index (Phi) is 5.59. The van der Waals surface area contributed by atoms with E-state index in [-0.39, 0.29) is 11.6 Å². The van der Waals surface area contributed by atoms with Crippen LogP contribution in [0.1, 0.15) is 28.8 Å². The van der Waals surface area contributed by atoms with Crippen LogP contribution in [0.25, 0.3) is 0 Å². The maximum atomic E-state index is 13.1. The molecule has 1 fully saturated rings. The van der Waals surface area contributed by atoms with E-state index < -0.39 is 4.92 Å². The summed E-state index contributed by atoms with van der Waals surface area (Å²) in [5, 5.41) is 11.2. The molecule has 7 heteroatoms. The Morgan fingerprint density at radius 1 is 1.19 bits per heavy atom. The number of rotatable bonds is 6. The third-order valence-corrected chi connectivity index (χ3v) is 4.79. The van der Waals surface area contributed by atoms with Crippen molar-refractivity contribution in [3.63, 3.8) is 0 Å². The molecule has 2 aromatic carbocycles. The molecule has 0 spiro atoms. The van der Waals surface area contributed by atoms with Crippen LogP contribution >= 0.6 is 0 Å². The molecular formula is C20H23N3O4. The summed E-state index contributed by atoms with van der Waals surface area (Å²) in [6, 6.07) is 12.0. The smallest absolute Gasteiger partial charge is 0.270 e. The van der Waals surface area contributed by atoms with E-state index in [4.69, 9.17) is 4.74 Å². The largest absolute Gasteiger partial charge is 0.497 e. The fraction of sp³-hybridized carbons (Fsp3) is 0.350. The average molecular weight is 369 g/mol. The van der Waals surface area contributed by atoms with Gasteiger partial charge in [0.2, 0.25) is 0 Å². The Labute approximate surface area is 158 Å². The lowest BCUT2D eigenvalue weighted by Gasteiger charge is -2.24. The molecule has 0 aromatic heterocycles. The third-order valence-electron chi connectivity index (χ3n) is 4.79. The lowest BCUT2D eigenvalue weighted by atomic mass is 10.1. The lowest BCUT2D eigenvalue weighted by Crippen LogP contribution is -2.29. The monoisotopic (exact) mass is 369 g/mol. The number of non-ortho nitro benzene ring substituents is 1. The molecule has 0 unspecified atom stereocenters. The first-order valence-corrected chi connectivity index (χ1v) is 8.91. The molecule has 0 saturated carbocycles. The van der Waals surface area contributed by atoms with Gasteiger partial charge in [-0.2, -0.15) is 0 Å². The van der Waals surface area contributed by atoms with Gasteiger partial charge in [0.1, 0.15) is 5.75 Å². The van der Waals surface area contributed by atoms with Crippen molar-refractivity contribution in [3.8, 4) is 5.75 Å². The number of amides is 1. The molecule has 1 heterocycles. The Morgan fingerprint density at radius 2 is 1.85 bits per heavy atom. The number of benzene rings is 2. The summed E-state index contributed by atoms with van der Waals surface area (Å²) in [6.07, 6.45) is 2.12. The van der Waals surface area contributed by atoms with Crippen molar-refractivity contribution < 1.29 is 14.5 Å². The number of methoxy groups -OCH3 is 1. The third kappa shape index (κ3) is 4.19. The minimum atomic E-state index is -0.464. The molecule has 1 aliphatic rings. The van der Waals surface area contributed by atoms with Crippen molar-refractivity contribution in [2.24, 2.45) is 0 Å². The number of carbonyl (C=O) groups is 1. The summed E-state index contributed by atoms with van der Waals surface area (Å²) in [5.41, 5.74) is 2.03. The molecule has 3 rings (SSSR count). The van der Waals surface area contributed by atoms with E-state index in [2.05, 4.69) is 4.90 Å². The molecule has 0 radical (unpaired) electrons. The summed E-state index contributed by atoms with van der Waals surface area (Å²) in [6.45, 7) is 2.13. The molecule has 1 aliphatic heterocycles. The topological polar surface area (TPSA) is 75.9 Å². The van der Waals surface area contributed by atoms with E-state index in [1.165, 1.54) is 12.1 Å². The van der Waals surface area contributed by atoms with Gasteiger partial charge in [-0.3, -0.25) is 14.9 Å². The number of ether oxygens (including phenoxy) is 1. The van der Waals surface area contributed by atoms with Crippen LogP contribution < -0.4 is 9.64 Å². The summed E-state index contributed by atoms with van der Waals surface area (Å²) < 4.78 is 5.15. The van der Waals surface area contributed by atoms with Crippen LogP contribution in [-0.2, 0) is 6.54 Å². The molecule has 0 atom stereocenters. The highest BCUT2D eigenvalue weighted by atomic mass is 16.6. The lowest BCUT2D eigenvalue weighted by molar-refractivity contribution is -0.384. The quantitative estimate of drug-likeness (QED) is 0.576. The van der Waals surface area contributed by atoms with Crippen molar-refractivity contribution in [1.29, 1.82) is 0 Å². The number of nitro benzene ring substituents is 1. The zero-order chi connectivity index (χ0) is 19.4. The molecule has 27 heavy (non-hydrogen) atoms. The van der Waals surface area contributed by atoms with Crippen molar-refractivity contribution in [1.82, 2.24) is 4.90 Å². The van der Waals surface area contributed by atoms with Gasteiger partial charge in [0.25, 0.3) is 11.6 Å². The number of hydrogen-bond donors (Lipinski definition) is 0. The minimum Gasteiger partial charge on any atom is -0.497 e. The molecule has 1 amide bonds. The maximum Gasteiger partial charge on any atom is 0.270 e. The van der Waals surface area contributed by atoms with E-state index in [1.807, 2.05) is 24.3 Å². The molecule has 0 bridgehead atoms.